The molecule has 0 radical (unpaired) electrons. The number of ether oxygens (including phenoxy) is 1. The van der Waals surface area contributed by atoms with Crippen molar-refractivity contribution >= 4 is 12.1 Å². The molecular weight excluding hydrogens is 332 g/mol. The lowest BCUT2D eigenvalue weighted by Gasteiger charge is -2.53. The van der Waals surface area contributed by atoms with Gasteiger partial charge in [0.2, 0.25) is 0 Å². The molecule has 1 atom stereocenters. The standard InChI is InChI=1S/C20H34N2O4/c1-5-20(17(23)24)9-16(10-20)21-8-6-7-14(11-21)15-12-22(13-15)18(25)26-19(2,3)4/h14-16H,5-13H2,1-4H3,(H,23,24)/t14-,16?,20?/m1/s1. The molecule has 6 nitrogen and oxygen atoms in total. The summed E-state index contributed by atoms with van der Waals surface area (Å²) in [4.78, 5) is 28.0. The first kappa shape index (κ1) is 19.5. The number of carbonyl (C=O) groups is 2. The Morgan fingerprint density at radius 1 is 1.15 bits per heavy atom. The van der Waals surface area contributed by atoms with E-state index in [4.69, 9.17) is 4.74 Å². The third kappa shape index (κ3) is 3.85. The summed E-state index contributed by atoms with van der Waals surface area (Å²) in [5.74, 6) is 0.543. The lowest BCUT2D eigenvalue weighted by Crippen LogP contribution is -2.60. The number of hydrogen-bond donors (Lipinski definition) is 1. The zero-order valence-electron chi connectivity index (χ0n) is 16.7. The minimum atomic E-state index is -0.628. The Morgan fingerprint density at radius 2 is 1.81 bits per heavy atom. The molecule has 0 unspecified atom stereocenters. The fourth-order valence-electron chi connectivity index (χ4n) is 4.76. The van der Waals surface area contributed by atoms with Gasteiger partial charge < -0.3 is 19.6 Å². The van der Waals surface area contributed by atoms with E-state index in [0.717, 1.165) is 45.4 Å². The summed E-state index contributed by atoms with van der Waals surface area (Å²) in [6.45, 7) is 11.4. The second-order valence-electron chi connectivity index (χ2n) is 9.54. The molecule has 1 N–H and O–H groups in total. The van der Waals surface area contributed by atoms with Crippen molar-refractivity contribution in [2.75, 3.05) is 26.2 Å². The zero-order valence-corrected chi connectivity index (χ0v) is 16.7. The van der Waals surface area contributed by atoms with Crippen LogP contribution in [0.5, 0.6) is 0 Å². The maximum absolute atomic E-state index is 12.1. The highest BCUT2D eigenvalue weighted by atomic mass is 16.6. The second kappa shape index (κ2) is 7.02. The van der Waals surface area contributed by atoms with Crippen LogP contribution in [0.3, 0.4) is 0 Å². The van der Waals surface area contributed by atoms with Crippen molar-refractivity contribution in [2.24, 2.45) is 17.3 Å². The molecule has 0 aromatic rings. The molecule has 1 saturated carbocycles. The molecule has 0 spiro atoms. The highest BCUT2D eigenvalue weighted by molar-refractivity contribution is 5.76. The van der Waals surface area contributed by atoms with E-state index in [2.05, 4.69) is 4.90 Å². The van der Waals surface area contributed by atoms with E-state index in [1.807, 2.05) is 32.6 Å². The minimum Gasteiger partial charge on any atom is -0.481 e. The Kier molecular flexibility index (Phi) is 5.26. The predicted octanol–water partition coefficient (Wildman–Crippen LogP) is 3.21. The molecular formula is C20H34N2O4. The Labute approximate surface area is 156 Å². The number of carboxylic acids is 1. The average Bonchev–Trinajstić information content (AvgIpc) is 2.43. The number of nitrogens with zero attached hydrogens (tertiary/aromatic N) is 2. The number of rotatable bonds is 4. The van der Waals surface area contributed by atoms with Crippen molar-refractivity contribution < 1.29 is 19.4 Å². The first-order chi connectivity index (χ1) is 12.1. The van der Waals surface area contributed by atoms with Crippen LogP contribution >= 0.6 is 0 Å². The van der Waals surface area contributed by atoms with Crippen LogP contribution in [0.15, 0.2) is 0 Å². The number of likely N-dealkylation sites (tertiary alicyclic amines) is 2. The first-order valence-electron chi connectivity index (χ1n) is 10.1. The summed E-state index contributed by atoms with van der Waals surface area (Å²) < 4.78 is 5.44. The van der Waals surface area contributed by atoms with Gasteiger partial charge in [0.15, 0.2) is 0 Å². The number of piperidine rings is 1. The zero-order chi connectivity index (χ0) is 19.1. The SMILES string of the molecule is CCC1(C(=O)O)CC(N2CCC[C@@H](C3CN(C(=O)OC(C)(C)C)C3)C2)C1. The molecule has 0 bridgehead atoms. The lowest BCUT2D eigenvalue weighted by atomic mass is 9.63. The molecule has 6 heteroatoms. The maximum atomic E-state index is 12.1. The van der Waals surface area contributed by atoms with Crippen molar-refractivity contribution in [1.29, 1.82) is 0 Å². The molecule has 2 aliphatic heterocycles. The molecule has 0 aromatic heterocycles. The third-order valence-electron chi connectivity index (χ3n) is 6.62. The molecule has 3 aliphatic rings. The van der Waals surface area contributed by atoms with Gasteiger partial charge in [0.05, 0.1) is 5.41 Å². The molecule has 2 heterocycles. The molecule has 1 aliphatic carbocycles. The van der Waals surface area contributed by atoms with E-state index in [1.165, 1.54) is 12.8 Å². The first-order valence-corrected chi connectivity index (χ1v) is 10.1. The summed E-state index contributed by atoms with van der Waals surface area (Å²) in [5, 5.41) is 9.48. The largest absolute Gasteiger partial charge is 0.481 e. The lowest BCUT2D eigenvalue weighted by molar-refractivity contribution is -0.161. The van der Waals surface area contributed by atoms with E-state index >= 15 is 0 Å². The van der Waals surface area contributed by atoms with Gasteiger partial charge in [-0.2, -0.15) is 0 Å². The highest BCUT2D eigenvalue weighted by Crippen LogP contribution is 2.48. The summed E-state index contributed by atoms with van der Waals surface area (Å²) in [5.41, 5.74) is -0.925. The fraction of sp³-hybridized carbons (Fsp3) is 0.900. The van der Waals surface area contributed by atoms with Gasteiger partial charge in [-0.25, -0.2) is 4.79 Å². The van der Waals surface area contributed by atoms with E-state index in [-0.39, 0.29) is 6.09 Å². The monoisotopic (exact) mass is 366 g/mol. The van der Waals surface area contributed by atoms with Gasteiger partial charge in [-0.1, -0.05) is 6.92 Å². The minimum absolute atomic E-state index is 0.199. The third-order valence-corrected chi connectivity index (χ3v) is 6.62. The van der Waals surface area contributed by atoms with Crippen LogP contribution in [0, 0.1) is 17.3 Å². The van der Waals surface area contributed by atoms with E-state index < -0.39 is 17.0 Å². The fourth-order valence-corrected chi connectivity index (χ4v) is 4.76. The van der Waals surface area contributed by atoms with E-state index in [1.54, 1.807) is 0 Å². The molecule has 148 valence electrons. The summed E-state index contributed by atoms with van der Waals surface area (Å²) in [7, 11) is 0. The molecule has 3 fully saturated rings. The van der Waals surface area contributed by atoms with Crippen molar-refractivity contribution in [3.8, 4) is 0 Å². The van der Waals surface area contributed by atoms with Gasteiger partial charge in [0.25, 0.3) is 0 Å². The van der Waals surface area contributed by atoms with Crippen molar-refractivity contribution in [3.63, 3.8) is 0 Å². The van der Waals surface area contributed by atoms with Gasteiger partial charge in [0.1, 0.15) is 5.60 Å². The number of hydrogen-bond acceptors (Lipinski definition) is 4. The smallest absolute Gasteiger partial charge is 0.410 e. The number of carbonyl (C=O) groups excluding carboxylic acids is 1. The quantitative estimate of drug-likeness (QED) is 0.827. The van der Waals surface area contributed by atoms with Gasteiger partial charge >= 0.3 is 12.1 Å². The molecule has 3 rings (SSSR count). The topological polar surface area (TPSA) is 70.1 Å². The Hall–Kier alpha value is -1.30. The maximum Gasteiger partial charge on any atom is 0.410 e. The van der Waals surface area contributed by atoms with Crippen LogP contribution in [0.25, 0.3) is 0 Å². The van der Waals surface area contributed by atoms with Crippen LogP contribution in [0.1, 0.15) is 59.8 Å². The van der Waals surface area contributed by atoms with Gasteiger partial charge in [0, 0.05) is 25.7 Å². The van der Waals surface area contributed by atoms with Gasteiger partial charge in [-0.05, 0) is 71.3 Å². The molecule has 26 heavy (non-hydrogen) atoms. The van der Waals surface area contributed by atoms with Crippen LogP contribution in [0.2, 0.25) is 0 Å². The van der Waals surface area contributed by atoms with Crippen molar-refractivity contribution in [2.45, 2.75) is 71.4 Å². The molecule has 1 amide bonds. The molecule has 0 aromatic carbocycles. The number of carboxylic acid groups (broad SMARTS) is 1. The average molecular weight is 367 g/mol. The van der Waals surface area contributed by atoms with Crippen LogP contribution < -0.4 is 0 Å². The van der Waals surface area contributed by atoms with E-state index in [9.17, 15) is 14.7 Å². The molecule has 2 saturated heterocycles. The summed E-state index contributed by atoms with van der Waals surface area (Å²) in [6, 6.07) is 0.427. The Bertz CT molecular complexity index is 545. The Morgan fingerprint density at radius 3 is 2.35 bits per heavy atom. The van der Waals surface area contributed by atoms with Crippen LogP contribution in [-0.4, -0.2) is 64.8 Å². The van der Waals surface area contributed by atoms with Crippen LogP contribution in [0.4, 0.5) is 4.79 Å². The predicted molar refractivity (Wildman–Crippen MR) is 99.0 cm³/mol. The van der Waals surface area contributed by atoms with Crippen molar-refractivity contribution in [1.82, 2.24) is 9.80 Å². The summed E-state index contributed by atoms with van der Waals surface area (Å²) >= 11 is 0. The summed E-state index contributed by atoms with van der Waals surface area (Å²) in [6.07, 6.45) is 4.50. The van der Waals surface area contributed by atoms with E-state index in [0.29, 0.717) is 17.9 Å². The van der Waals surface area contributed by atoms with Gasteiger partial charge in [-0.15, -0.1) is 0 Å². The number of aliphatic carboxylic acids is 1. The second-order valence-corrected chi connectivity index (χ2v) is 9.54. The van der Waals surface area contributed by atoms with Crippen molar-refractivity contribution in [3.05, 3.63) is 0 Å². The van der Waals surface area contributed by atoms with Crippen LogP contribution in [-0.2, 0) is 9.53 Å². The normalized spacial score (nSPS) is 33.3. The number of amides is 1. The van der Waals surface area contributed by atoms with Gasteiger partial charge in [-0.3, -0.25) is 4.79 Å². The Balaban J connectivity index is 1.46. The highest BCUT2D eigenvalue weighted by Gasteiger charge is 2.51.